The van der Waals surface area contributed by atoms with Gasteiger partial charge in [0.1, 0.15) is 23.7 Å². The third-order valence-corrected chi connectivity index (χ3v) is 5.39. The number of ether oxygens (including phenoxy) is 2. The maximum absolute atomic E-state index is 12.8. The van der Waals surface area contributed by atoms with Crippen LogP contribution < -0.4 is 4.74 Å². The van der Waals surface area contributed by atoms with Crippen LogP contribution in [-0.2, 0) is 18.2 Å². The highest BCUT2D eigenvalue weighted by atomic mass is 16.5. The fourth-order valence-corrected chi connectivity index (χ4v) is 3.74. The number of imidazole rings is 1. The average molecular weight is 474 g/mol. The van der Waals surface area contributed by atoms with Crippen molar-refractivity contribution in [3.63, 3.8) is 0 Å². The van der Waals surface area contributed by atoms with E-state index in [4.69, 9.17) is 9.47 Å². The van der Waals surface area contributed by atoms with Crippen molar-refractivity contribution in [1.82, 2.24) is 9.55 Å². The number of rotatable bonds is 10. The van der Waals surface area contributed by atoms with Crippen LogP contribution in [0.4, 0.5) is 0 Å². The lowest BCUT2D eigenvalue weighted by Gasteiger charge is -2.18. The van der Waals surface area contributed by atoms with E-state index in [-0.39, 0.29) is 23.8 Å². The molecule has 1 atom stereocenters. The van der Waals surface area contributed by atoms with E-state index in [1.165, 1.54) is 6.07 Å². The molecule has 0 saturated carbocycles. The zero-order valence-corrected chi connectivity index (χ0v) is 20.6. The van der Waals surface area contributed by atoms with Crippen LogP contribution in [0.15, 0.2) is 55.2 Å². The summed E-state index contributed by atoms with van der Waals surface area (Å²) >= 11 is 0. The van der Waals surface area contributed by atoms with E-state index in [2.05, 4.69) is 17.6 Å². The number of hydrogen-bond acceptors (Lipinski definition) is 6. The van der Waals surface area contributed by atoms with Gasteiger partial charge in [0.2, 0.25) is 0 Å². The fraction of sp³-hybridized carbons (Fsp3) is 0.321. The number of carbonyl (C=O) groups is 1. The van der Waals surface area contributed by atoms with E-state index in [0.29, 0.717) is 18.6 Å². The molecule has 7 heteroatoms. The molecule has 0 unspecified atom stereocenters. The minimum atomic E-state index is -0.548. The van der Waals surface area contributed by atoms with Crippen molar-refractivity contribution in [2.24, 2.45) is 7.05 Å². The Morgan fingerprint density at radius 3 is 2.51 bits per heavy atom. The van der Waals surface area contributed by atoms with Crippen molar-refractivity contribution in [3.05, 3.63) is 77.8 Å². The Bertz CT molecular complexity index is 1240. The molecule has 0 fully saturated rings. The Kier molecular flexibility index (Phi) is 8.45. The molecule has 0 amide bonds. The third-order valence-electron chi connectivity index (χ3n) is 5.39. The van der Waals surface area contributed by atoms with Gasteiger partial charge < -0.3 is 19.1 Å². The predicted octanol–water partition coefficient (Wildman–Crippen LogP) is 4.93. The van der Waals surface area contributed by atoms with Crippen LogP contribution in [0.5, 0.6) is 5.75 Å². The summed E-state index contributed by atoms with van der Waals surface area (Å²) in [6.45, 7) is 9.50. The summed E-state index contributed by atoms with van der Waals surface area (Å²) in [6, 6.07) is 14.6. The number of aromatic nitrogens is 2. The molecule has 1 aromatic heterocycles. The molecule has 0 aliphatic rings. The van der Waals surface area contributed by atoms with Gasteiger partial charge in [-0.3, -0.25) is 0 Å². The number of esters is 1. The van der Waals surface area contributed by atoms with Gasteiger partial charge >= 0.3 is 5.97 Å². The molecule has 7 nitrogen and oxygen atoms in total. The zero-order chi connectivity index (χ0) is 25.5. The summed E-state index contributed by atoms with van der Waals surface area (Å²) < 4.78 is 13.2. The number of aliphatic hydroxyl groups is 1. The normalized spacial score (nSPS) is 11.7. The van der Waals surface area contributed by atoms with E-state index in [0.717, 1.165) is 28.2 Å². The molecule has 0 aliphatic carbocycles. The Morgan fingerprint density at radius 2 is 1.94 bits per heavy atom. The van der Waals surface area contributed by atoms with Crippen molar-refractivity contribution in [2.45, 2.75) is 45.8 Å². The molecule has 0 radical (unpaired) electrons. The molecule has 0 aliphatic heterocycles. The van der Waals surface area contributed by atoms with Gasteiger partial charge in [-0.15, -0.1) is 0 Å². The van der Waals surface area contributed by atoms with Crippen molar-refractivity contribution in [1.29, 1.82) is 5.26 Å². The molecule has 3 aromatic rings. The minimum Gasteiger partial charge on any atom is -0.490 e. The zero-order valence-electron chi connectivity index (χ0n) is 20.6. The molecular formula is C28H31N3O4. The number of hydrogen-bond donors (Lipinski definition) is 1. The summed E-state index contributed by atoms with van der Waals surface area (Å²) in [6.07, 6.45) is 2.11. The maximum Gasteiger partial charge on any atom is 0.338 e. The summed E-state index contributed by atoms with van der Waals surface area (Å²) in [4.78, 5) is 17.4. The number of aryl methyl sites for hydroxylation is 1. The molecule has 3 rings (SSSR count). The van der Waals surface area contributed by atoms with Crippen LogP contribution in [0, 0.1) is 11.3 Å². The van der Waals surface area contributed by atoms with E-state index in [1.807, 2.05) is 62.8 Å². The van der Waals surface area contributed by atoms with Crippen molar-refractivity contribution in [2.75, 3.05) is 6.61 Å². The van der Waals surface area contributed by atoms with Crippen LogP contribution in [-0.4, -0.2) is 39.4 Å². The first-order valence-electron chi connectivity index (χ1n) is 11.5. The predicted molar refractivity (Wildman–Crippen MR) is 135 cm³/mol. The van der Waals surface area contributed by atoms with Crippen LogP contribution in [0.25, 0.3) is 16.8 Å². The summed E-state index contributed by atoms with van der Waals surface area (Å²) in [5.74, 6) is 0.713. The lowest BCUT2D eigenvalue weighted by Crippen LogP contribution is -2.22. The number of aliphatic hydroxyl groups excluding tert-OH is 1. The lowest BCUT2D eigenvalue weighted by atomic mass is 10.0. The second-order valence-corrected chi connectivity index (χ2v) is 8.77. The van der Waals surface area contributed by atoms with Gasteiger partial charge in [0.25, 0.3) is 0 Å². The van der Waals surface area contributed by atoms with Crippen molar-refractivity contribution < 1.29 is 19.4 Å². The molecule has 35 heavy (non-hydrogen) atoms. The summed E-state index contributed by atoms with van der Waals surface area (Å²) in [5, 5.41) is 18.9. The van der Waals surface area contributed by atoms with E-state index in [1.54, 1.807) is 12.1 Å². The largest absolute Gasteiger partial charge is 0.490 e. The molecule has 0 spiro atoms. The second-order valence-electron chi connectivity index (χ2n) is 8.77. The number of nitrogens with zero attached hydrogens (tertiary/aromatic N) is 3. The Morgan fingerprint density at radius 1 is 1.23 bits per heavy atom. The van der Waals surface area contributed by atoms with Crippen molar-refractivity contribution >= 4 is 11.5 Å². The average Bonchev–Trinajstić information content (AvgIpc) is 3.21. The standard InChI is InChI=1S/C28H31N3O4/c1-18(2)27-30-25(17-31(27)5)21-8-6-20(7-9-21)14-24(12-13-32)35-28(33)22-10-11-26(34-19(3)4)23(15-22)16-29/h6-11,15,17,19,24,32H,1,12-14H2,2-5H3/t24-/m1/s1. The van der Waals surface area contributed by atoms with Crippen LogP contribution in [0.1, 0.15) is 54.5 Å². The van der Waals surface area contributed by atoms with E-state index >= 15 is 0 Å². The lowest BCUT2D eigenvalue weighted by molar-refractivity contribution is 0.0244. The van der Waals surface area contributed by atoms with E-state index < -0.39 is 12.1 Å². The van der Waals surface area contributed by atoms with Crippen LogP contribution >= 0.6 is 0 Å². The number of benzene rings is 2. The Balaban J connectivity index is 1.71. The first-order chi connectivity index (χ1) is 16.7. The highest BCUT2D eigenvalue weighted by Crippen LogP contribution is 2.24. The van der Waals surface area contributed by atoms with Crippen LogP contribution in [0.3, 0.4) is 0 Å². The number of nitriles is 1. The van der Waals surface area contributed by atoms with E-state index in [9.17, 15) is 15.2 Å². The fourth-order valence-electron chi connectivity index (χ4n) is 3.74. The van der Waals surface area contributed by atoms with Gasteiger partial charge in [-0.1, -0.05) is 30.8 Å². The molecule has 1 heterocycles. The highest BCUT2D eigenvalue weighted by Gasteiger charge is 2.19. The maximum atomic E-state index is 12.8. The molecular weight excluding hydrogens is 442 g/mol. The first kappa shape index (κ1) is 25.7. The molecule has 182 valence electrons. The van der Waals surface area contributed by atoms with Gasteiger partial charge in [0, 0.05) is 38.3 Å². The molecule has 1 N–H and O–H groups in total. The topological polar surface area (TPSA) is 97.4 Å². The monoisotopic (exact) mass is 473 g/mol. The first-order valence-corrected chi connectivity index (χ1v) is 11.5. The summed E-state index contributed by atoms with van der Waals surface area (Å²) in [7, 11) is 1.94. The smallest absolute Gasteiger partial charge is 0.338 e. The highest BCUT2D eigenvalue weighted by molar-refractivity contribution is 5.90. The second kappa shape index (κ2) is 11.5. The number of allylic oxidation sites excluding steroid dienone is 1. The quantitative estimate of drug-likeness (QED) is 0.419. The van der Waals surface area contributed by atoms with Gasteiger partial charge in [-0.05, 0) is 50.1 Å². The minimum absolute atomic E-state index is 0.0916. The Labute approximate surface area is 206 Å². The SMILES string of the molecule is C=C(C)c1nc(-c2ccc(C[C@@H](CCO)OC(=O)c3ccc(OC(C)C)c(C#N)c3)cc2)cn1C. The number of carbonyl (C=O) groups excluding carboxylic acids is 1. The van der Waals surface area contributed by atoms with Gasteiger partial charge in [0.15, 0.2) is 0 Å². The molecule has 0 saturated heterocycles. The summed E-state index contributed by atoms with van der Waals surface area (Å²) in [5.41, 5.74) is 4.22. The third kappa shape index (κ3) is 6.58. The van der Waals surface area contributed by atoms with Crippen LogP contribution in [0.2, 0.25) is 0 Å². The Hall–Kier alpha value is -3.89. The van der Waals surface area contributed by atoms with Gasteiger partial charge in [-0.25, -0.2) is 9.78 Å². The van der Waals surface area contributed by atoms with Crippen molar-refractivity contribution in [3.8, 4) is 23.1 Å². The van der Waals surface area contributed by atoms with Gasteiger partial charge in [-0.2, -0.15) is 5.26 Å². The van der Waals surface area contributed by atoms with Gasteiger partial charge in [0.05, 0.1) is 22.9 Å². The molecule has 2 aromatic carbocycles. The molecule has 0 bridgehead atoms.